The lowest BCUT2D eigenvalue weighted by Gasteiger charge is -2.30. The summed E-state index contributed by atoms with van der Waals surface area (Å²) in [6, 6.07) is -0.0771. The molecule has 90 valence electrons. The molecule has 1 unspecified atom stereocenters. The maximum absolute atomic E-state index is 11.7. The van der Waals surface area contributed by atoms with Crippen molar-refractivity contribution in [1.29, 1.82) is 0 Å². The second kappa shape index (κ2) is 5.36. The van der Waals surface area contributed by atoms with E-state index in [1.54, 1.807) is 0 Å². The SMILES string of the molecule is CC(C)(C)C(CCO)NC(=O)c1cnsn1. The quantitative estimate of drug-likeness (QED) is 0.829. The van der Waals surface area contributed by atoms with Crippen LogP contribution in [0.5, 0.6) is 0 Å². The van der Waals surface area contributed by atoms with Crippen LogP contribution in [0.25, 0.3) is 0 Å². The Balaban J connectivity index is 2.66. The Morgan fingerprint density at radius 1 is 1.62 bits per heavy atom. The Morgan fingerprint density at radius 2 is 2.31 bits per heavy atom. The third-order valence-corrected chi connectivity index (χ3v) is 2.84. The lowest BCUT2D eigenvalue weighted by atomic mass is 9.85. The Kier molecular flexibility index (Phi) is 4.37. The van der Waals surface area contributed by atoms with E-state index in [1.165, 1.54) is 6.20 Å². The number of aliphatic hydroxyl groups excluding tert-OH is 1. The van der Waals surface area contributed by atoms with Gasteiger partial charge in [-0.3, -0.25) is 4.79 Å². The zero-order valence-electron chi connectivity index (χ0n) is 9.73. The molecule has 1 atom stereocenters. The predicted octanol–water partition coefficient (Wildman–Crippen LogP) is 1.06. The van der Waals surface area contributed by atoms with Crippen molar-refractivity contribution in [1.82, 2.24) is 14.1 Å². The molecule has 1 amide bonds. The van der Waals surface area contributed by atoms with Gasteiger partial charge < -0.3 is 10.4 Å². The molecule has 1 rings (SSSR count). The van der Waals surface area contributed by atoms with Crippen LogP contribution in [0.2, 0.25) is 0 Å². The molecule has 1 aromatic rings. The van der Waals surface area contributed by atoms with Crippen LogP contribution in [0.1, 0.15) is 37.7 Å². The minimum atomic E-state index is -0.234. The molecule has 1 heterocycles. The fourth-order valence-electron chi connectivity index (χ4n) is 1.35. The molecule has 0 aliphatic heterocycles. The second-order valence-corrected chi connectivity index (χ2v) is 5.25. The van der Waals surface area contributed by atoms with E-state index in [1.807, 2.05) is 20.8 Å². The Labute approximate surface area is 99.2 Å². The van der Waals surface area contributed by atoms with E-state index in [0.29, 0.717) is 12.1 Å². The molecule has 0 aliphatic carbocycles. The first-order valence-electron chi connectivity index (χ1n) is 5.14. The third-order valence-electron chi connectivity index (χ3n) is 2.36. The number of carbonyl (C=O) groups excluding carboxylic acids is 1. The molecular weight excluding hydrogens is 226 g/mol. The van der Waals surface area contributed by atoms with Crippen molar-refractivity contribution in [2.75, 3.05) is 6.61 Å². The molecule has 16 heavy (non-hydrogen) atoms. The molecule has 0 aliphatic rings. The molecule has 0 fully saturated rings. The maximum Gasteiger partial charge on any atom is 0.272 e. The summed E-state index contributed by atoms with van der Waals surface area (Å²) in [6.07, 6.45) is 1.98. The van der Waals surface area contributed by atoms with Gasteiger partial charge in [-0.25, -0.2) is 0 Å². The van der Waals surface area contributed by atoms with Gasteiger partial charge in [0.2, 0.25) is 0 Å². The van der Waals surface area contributed by atoms with Crippen molar-refractivity contribution in [3.8, 4) is 0 Å². The highest BCUT2D eigenvalue weighted by atomic mass is 32.1. The van der Waals surface area contributed by atoms with Crippen LogP contribution < -0.4 is 5.32 Å². The number of nitrogens with zero attached hydrogens (tertiary/aromatic N) is 2. The van der Waals surface area contributed by atoms with Gasteiger partial charge in [0, 0.05) is 12.6 Å². The number of rotatable bonds is 4. The number of carbonyl (C=O) groups is 1. The van der Waals surface area contributed by atoms with Crippen LogP contribution in [-0.2, 0) is 0 Å². The summed E-state index contributed by atoms with van der Waals surface area (Å²) in [6.45, 7) is 6.12. The van der Waals surface area contributed by atoms with E-state index >= 15 is 0 Å². The van der Waals surface area contributed by atoms with Gasteiger partial charge in [-0.2, -0.15) is 8.75 Å². The monoisotopic (exact) mass is 243 g/mol. The van der Waals surface area contributed by atoms with Crippen LogP contribution in [-0.4, -0.2) is 32.4 Å². The highest BCUT2D eigenvalue weighted by molar-refractivity contribution is 6.99. The average molecular weight is 243 g/mol. The van der Waals surface area contributed by atoms with Crippen LogP contribution in [0.3, 0.4) is 0 Å². The minimum Gasteiger partial charge on any atom is -0.396 e. The number of aliphatic hydroxyl groups is 1. The number of amides is 1. The molecule has 0 spiro atoms. The van der Waals surface area contributed by atoms with Crippen molar-refractivity contribution < 1.29 is 9.90 Å². The first kappa shape index (κ1) is 13.1. The Morgan fingerprint density at radius 3 is 2.75 bits per heavy atom. The van der Waals surface area contributed by atoms with E-state index in [2.05, 4.69) is 14.1 Å². The van der Waals surface area contributed by atoms with Crippen LogP contribution >= 0.6 is 11.7 Å². The molecule has 0 radical (unpaired) electrons. The van der Waals surface area contributed by atoms with Crippen molar-refractivity contribution in [2.45, 2.75) is 33.2 Å². The van der Waals surface area contributed by atoms with Gasteiger partial charge in [-0.15, -0.1) is 0 Å². The minimum absolute atomic E-state index is 0.0531. The molecule has 0 bridgehead atoms. The van der Waals surface area contributed by atoms with Gasteiger partial charge >= 0.3 is 0 Å². The van der Waals surface area contributed by atoms with Crippen molar-refractivity contribution in [3.05, 3.63) is 11.9 Å². The van der Waals surface area contributed by atoms with E-state index in [4.69, 9.17) is 5.11 Å². The largest absolute Gasteiger partial charge is 0.396 e. The highest BCUT2D eigenvalue weighted by Crippen LogP contribution is 2.21. The van der Waals surface area contributed by atoms with Gasteiger partial charge in [-0.1, -0.05) is 20.8 Å². The van der Waals surface area contributed by atoms with Gasteiger partial charge in [-0.05, 0) is 11.8 Å². The summed E-state index contributed by atoms with van der Waals surface area (Å²) in [4.78, 5) is 11.7. The highest BCUT2D eigenvalue weighted by Gasteiger charge is 2.26. The van der Waals surface area contributed by atoms with Crippen LogP contribution in [0, 0.1) is 5.41 Å². The number of hydrogen-bond donors (Lipinski definition) is 2. The van der Waals surface area contributed by atoms with Crippen molar-refractivity contribution >= 4 is 17.6 Å². The fraction of sp³-hybridized carbons (Fsp3) is 0.700. The number of hydrogen-bond acceptors (Lipinski definition) is 5. The molecule has 0 aromatic carbocycles. The summed E-state index contributed by atoms with van der Waals surface area (Å²) < 4.78 is 7.65. The number of nitrogens with one attached hydrogen (secondary N) is 1. The molecule has 5 nitrogen and oxygen atoms in total. The normalized spacial score (nSPS) is 13.5. The zero-order valence-corrected chi connectivity index (χ0v) is 10.5. The van der Waals surface area contributed by atoms with Crippen LogP contribution in [0.15, 0.2) is 6.20 Å². The van der Waals surface area contributed by atoms with Crippen molar-refractivity contribution in [3.63, 3.8) is 0 Å². The average Bonchev–Trinajstić information content (AvgIpc) is 2.68. The third kappa shape index (κ3) is 3.53. The zero-order chi connectivity index (χ0) is 12.2. The predicted molar refractivity (Wildman–Crippen MR) is 62.3 cm³/mol. The topological polar surface area (TPSA) is 75.1 Å². The van der Waals surface area contributed by atoms with Gasteiger partial charge in [0.15, 0.2) is 5.69 Å². The Hall–Kier alpha value is -1.01. The van der Waals surface area contributed by atoms with E-state index in [9.17, 15) is 4.79 Å². The summed E-state index contributed by atoms with van der Waals surface area (Å²) in [7, 11) is 0. The van der Waals surface area contributed by atoms with Gasteiger partial charge in [0.05, 0.1) is 17.9 Å². The second-order valence-electron chi connectivity index (χ2n) is 4.70. The molecule has 0 saturated carbocycles. The summed E-state index contributed by atoms with van der Waals surface area (Å²) in [5.41, 5.74) is 0.235. The van der Waals surface area contributed by atoms with E-state index in [0.717, 1.165) is 11.7 Å². The standard InChI is InChI=1S/C10H17N3O2S/c1-10(2,3)8(4-5-14)12-9(15)7-6-11-16-13-7/h6,8,14H,4-5H2,1-3H3,(H,12,15). The Bertz CT molecular complexity index is 332. The summed E-state index contributed by atoms with van der Waals surface area (Å²) in [5.74, 6) is -0.234. The summed E-state index contributed by atoms with van der Waals surface area (Å²) in [5, 5.41) is 11.8. The van der Waals surface area contributed by atoms with Crippen molar-refractivity contribution in [2.24, 2.45) is 5.41 Å². The smallest absolute Gasteiger partial charge is 0.272 e. The molecular formula is C10H17N3O2S. The van der Waals surface area contributed by atoms with E-state index < -0.39 is 0 Å². The first-order valence-corrected chi connectivity index (χ1v) is 5.87. The van der Waals surface area contributed by atoms with Crippen LogP contribution in [0.4, 0.5) is 0 Å². The lowest BCUT2D eigenvalue weighted by Crippen LogP contribution is -2.44. The molecule has 1 aromatic heterocycles. The first-order chi connectivity index (χ1) is 7.45. The molecule has 2 N–H and O–H groups in total. The van der Waals surface area contributed by atoms with E-state index in [-0.39, 0.29) is 24.0 Å². The van der Waals surface area contributed by atoms with Gasteiger partial charge in [0.1, 0.15) is 0 Å². The summed E-state index contributed by atoms with van der Waals surface area (Å²) >= 11 is 1.01. The molecule has 0 saturated heterocycles. The maximum atomic E-state index is 11.7. The fourth-order valence-corrected chi connectivity index (χ4v) is 1.76. The van der Waals surface area contributed by atoms with Gasteiger partial charge in [0.25, 0.3) is 5.91 Å². The number of aromatic nitrogens is 2. The molecule has 6 heteroatoms. The lowest BCUT2D eigenvalue weighted by molar-refractivity contribution is 0.0881.